The summed E-state index contributed by atoms with van der Waals surface area (Å²) in [4.78, 5) is 12.6. The second-order valence-electron chi connectivity index (χ2n) is 4.94. The molecule has 1 unspecified atom stereocenters. The quantitative estimate of drug-likeness (QED) is 0.667. The molecule has 19 heavy (non-hydrogen) atoms. The Morgan fingerprint density at radius 1 is 1.58 bits per heavy atom. The number of likely N-dealkylation sites (tertiary alicyclic amines) is 1. The molecule has 0 spiro atoms. The largest absolute Gasteiger partial charge is 0.311 e. The normalized spacial score (nSPS) is 19.8. The minimum Gasteiger partial charge on any atom is -0.311 e. The third-order valence-electron chi connectivity index (χ3n) is 3.61. The van der Waals surface area contributed by atoms with Crippen molar-refractivity contribution >= 4 is 21.6 Å². The van der Waals surface area contributed by atoms with Crippen molar-refractivity contribution in [3.8, 4) is 0 Å². The van der Waals surface area contributed by atoms with E-state index in [-0.39, 0.29) is 10.6 Å². The molecule has 0 radical (unpaired) electrons. The van der Waals surface area contributed by atoms with Gasteiger partial charge in [-0.3, -0.25) is 10.1 Å². The number of nitrogens with zero attached hydrogens (tertiary/aromatic N) is 2. The van der Waals surface area contributed by atoms with E-state index >= 15 is 0 Å². The highest BCUT2D eigenvalue weighted by Gasteiger charge is 2.20. The van der Waals surface area contributed by atoms with Gasteiger partial charge in [0.2, 0.25) is 0 Å². The summed E-state index contributed by atoms with van der Waals surface area (Å²) in [7, 11) is 2.15. The maximum absolute atomic E-state index is 10.7. The van der Waals surface area contributed by atoms with E-state index < -0.39 is 0 Å². The molecule has 1 aromatic rings. The molecular weight excluding hydrogens is 310 g/mol. The number of nitro benzene ring substituents is 1. The van der Waals surface area contributed by atoms with Gasteiger partial charge >= 0.3 is 0 Å². The molecule has 1 aliphatic heterocycles. The first kappa shape index (κ1) is 14.4. The Hall–Kier alpha value is -0.980. The summed E-state index contributed by atoms with van der Waals surface area (Å²) in [5.74, 6) is 0. The third-order valence-corrected chi connectivity index (χ3v) is 4.35. The zero-order valence-corrected chi connectivity index (χ0v) is 12.5. The van der Waals surface area contributed by atoms with E-state index in [2.05, 4.69) is 33.2 Å². The lowest BCUT2D eigenvalue weighted by molar-refractivity contribution is -0.384. The number of benzene rings is 1. The van der Waals surface area contributed by atoms with Gasteiger partial charge < -0.3 is 10.2 Å². The van der Waals surface area contributed by atoms with Crippen LogP contribution in [0.5, 0.6) is 0 Å². The van der Waals surface area contributed by atoms with Gasteiger partial charge in [-0.05, 0) is 38.1 Å². The lowest BCUT2D eigenvalue weighted by Crippen LogP contribution is -2.35. The Labute approximate surface area is 121 Å². The van der Waals surface area contributed by atoms with E-state index in [1.54, 1.807) is 18.2 Å². The van der Waals surface area contributed by atoms with Gasteiger partial charge in [0.05, 0.1) is 4.92 Å². The highest BCUT2D eigenvalue weighted by molar-refractivity contribution is 9.10. The lowest BCUT2D eigenvalue weighted by Gasteiger charge is -2.19. The molecule has 1 N–H and O–H groups in total. The Morgan fingerprint density at radius 3 is 2.95 bits per heavy atom. The number of likely N-dealkylation sites (N-methyl/N-ethyl adjacent to an activating group) is 1. The molecule has 0 aliphatic carbocycles. The molecule has 0 bridgehead atoms. The number of nitro groups is 1. The number of hydrogen-bond donors (Lipinski definition) is 1. The van der Waals surface area contributed by atoms with Gasteiger partial charge in [-0.2, -0.15) is 0 Å². The molecule has 1 fully saturated rings. The Morgan fingerprint density at radius 2 is 2.37 bits per heavy atom. The molecule has 0 amide bonds. The summed E-state index contributed by atoms with van der Waals surface area (Å²) >= 11 is 3.39. The average molecular weight is 328 g/mol. The topological polar surface area (TPSA) is 58.4 Å². The van der Waals surface area contributed by atoms with Crippen molar-refractivity contribution in [3.05, 3.63) is 38.3 Å². The SMILES string of the molecule is CN1CCCC1CNCc1ccc([N+](=O)[O-])cc1Br. The van der Waals surface area contributed by atoms with E-state index in [0.717, 1.165) is 23.1 Å². The number of nitrogens with one attached hydrogen (secondary N) is 1. The molecule has 1 aromatic carbocycles. The summed E-state index contributed by atoms with van der Waals surface area (Å²) in [6.07, 6.45) is 2.51. The highest BCUT2D eigenvalue weighted by Crippen LogP contribution is 2.23. The fraction of sp³-hybridized carbons (Fsp3) is 0.538. The minimum atomic E-state index is -0.380. The van der Waals surface area contributed by atoms with Gasteiger partial charge in [-0.1, -0.05) is 15.9 Å². The van der Waals surface area contributed by atoms with Gasteiger partial charge in [0.1, 0.15) is 0 Å². The van der Waals surface area contributed by atoms with E-state index in [0.29, 0.717) is 6.04 Å². The van der Waals surface area contributed by atoms with Crippen LogP contribution in [0, 0.1) is 10.1 Å². The number of rotatable bonds is 5. The van der Waals surface area contributed by atoms with Crippen LogP contribution in [-0.4, -0.2) is 36.0 Å². The smallest absolute Gasteiger partial charge is 0.270 e. The van der Waals surface area contributed by atoms with Crippen LogP contribution in [0.4, 0.5) is 5.69 Å². The van der Waals surface area contributed by atoms with Crippen LogP contribution in [0.1, 0.15) is 18.4 Å². The van der Waals surface area contributed by atoms with E-state index in [4.69, 9.17) is 0 Å². The molecule has 6 heteroatoms. The summed E-state index contributed by atoms with van der Waals surface area (Å²) < 4.78 is 0.786. The van der Waals surface area contributed by atoms with Gasteiger partial charge in [-0.25, -0.2) is 0 Å². The molecule has 1 aliphatic rings. The number of halogens is 1. The Kier molecular flexibility index (Phi) is 4.90. The van der Waals surface area contributed by atoms with Crippen molar-refractivity contribution in [3.63, 3.8) is 0 Å². The number of non-ortho nitro benzene ring substituents is 1. The maximum atomic E-state index is 10.7. The predicted octanol–water partition coefficient (Wildman–Crippen LogP) is 2.54. The first-order valence-corrected chi connectivity index (χ1v) is 7.21. The van der Waals surface area contributed by atoms with Crippen molar-refractivity contribution in [2.75, 3.05) is 20.1 Å². The fourth-order valence-electron chi connectivity index (χ4n) is 2.40. The summed E-state index contributed by atoms with van der Waals surface area (Å²) in [6.45, 7) is 2.86. The fourth-order valence-corrected chi connectivity index (χ4v) is 2.91. The van der Waals surface area contributed by atoms with Crippen molar-refractivity contribution < 1.29 is 4.92 Å². The van der Waals surface area contributed by atoms with E-state index in [1.807, 2.05) is 0 Å². The second kappa shape index (κ2) is 6.45. The van der Waals surface area contributed by atoms with Crippen molar-refractivity contribution in [2.45, 2.75) is 25.4 Å². The van der Waals surface area contributed by atoms with Gasteiger partial charge in [-0.15, -0.1) is 0 Å². The van der Waals surface area contributed by atoms with Crippen molar-refractivity contribution in [1.82, 2.24) is 10.2 Å². The van der Waals surface area contributed by atoms with Crippen LogP contribution in [0.15, 0.2) is 22.7 Å². The molecule has 2 rings (SSSR count). The average Bonchev–Trinajstić information content (AvgIpc) is 2.77. The van der Waals surface area contributed by atoms with Crippen molar-refractivity contribution in [1.29, 1.82) is 0 Å². The van der Waals surface area contributed by atoms with Crippen LogP contribution in [-0.2, 0) is 6.54 Å². The van der Waals surface area contributed by atoms with Crippen LogP contribution in [0.25, 0.3) is 0 Å². The zero-order chi connectivity index (χ0) is 13.8. The minimum absolute atomic E-state index is 0.117. The first-order chi connectivity index (χ1) is 9.08. The van der Waals surface area contributed by atoms with Crippen LogP contribution in [0.2, 0.25) is 0 Å². The van der Waals surface area contributed by atoms with Crippen molar-refractivity contribution in [2.24, 2.45) is 0 Å². The highest BCUT2D eigenvalue weighted by atomic mass is 79.9. The predicted molar refractivity (Wildman–Crippen MR) is 78.2 cm³/mol. The molecule has 5 nitrogen and oxygen atoms in total. The molecule has 1 saturated heterocycles. The molecule has 0 saturated carbocycles. The molecule has 1 heterocycles. The summed E-state index contributed by atoms with van der Waals surface area (Å²) in [6, 6.07) is 5.51. The number of hydrogen-bond acceptors (Lipinski definition) is 4. The Balaban J connectivity index is 1.87. The molecule has 1 atom stereocenters. The van der Waals surface area contributed by atoms with Gasteiger partial charge in [0.25, 0.3) is 5.69 Å². The van der Waals surface area contributed by atoms with E-state index in [1.165, 1.54) is 19.4 Å². The second-order valence-corrected chi connectivity index (χ2v) is 5.79. The first-order valence-electron chi connectivity index (χ1n) is 6.41. The van der Waals surface area contributed by atoms with Gasteiger partial charge in [0, 0.05) is 35.7 Å². The third kappa shape index (κ3) is 3.75. The monoisotopic (exact) mass is 327 g/mol. The van der Waals surface area contributed by atoms with Crippen LogP contribution >= 0.6 is 15.9 Å². The molecular formula is C13H18BrN3O2. The lowest BCUT2D eigenvalue weighted by atomic mass is 10.2. The molecule has 104 valence electrons. The zero-order valence-electron chi connectivity index (χ0n) is 10.9. The summed E-state index contributed by atoms with van der Waals surface area (Å²) in [5, 5.41) is 14.1. The summed E-state index contributed by atoms with van der Waals surface area (Å²) in [5.41, 5.74) is 1.16. The molecule has 0 aromatic heterocycles. The van der Waals surface area contributed by atoms with Crippen LogP contribution < -0.4 is 5.32 Å². The Bertz CT molecular complexity index is 467. The standard InChI is InChI=1S/C13H18BrN3O2/c1-16-6-2-3-12(16)9-15-8-10-4-5-11(17(18)19)7-13(10)14/h4-5,7,12,15H,2-3,6,8-9H2,1H3. The van der Waals surface area contributed by atoms with Gasteiger partial charge in [0.15, 0.2) is 0 Å². The maximum Gasteiger partial charge on any atom is 0.270 e. The van der Waals surface area contributed by atoms with E-state index in [9.17, 15) is 10.1 Å². The van der Waals surface area contributed by atoms with Crippen LogP contribution in [0.3, 0.4) is 0 Å².